The van der Waals surface area contributed by atoms with Gasteiger partial charge in [0.25, 0.3) is 11.8 Å². The molecule has 4 nitrogen and oxygen atoms in total. The number of benzene rings is 2. The molecule has 0 heterocycles. The van der Waals surface area contributed by atoms with E-state index >= 15 is 0 Å². The Morgan fingerprint density at radius 1 is 0.960 bits per heavy atom. The Morgan fingerprint density at radius 2 is 1.60 bits per heavy atom. The third kappa shape index (κ3) is 4.94. The lowest BCUT2D eigenvalue weighted by Crippen LogP contribution is -2.40. The SMILES string of the molecule is CC(C)(C)NC(=O)c1ccccc1NC(=O)c1cc(F)c(Cl)cc1Cl. The Hall–Kier alpha value is -2.11. The van der Waals surface area contributed by atoms with Gasteiger partial charge in [0.2, 0.25) is 0 Å². The maximum absolute atomic E-state index is 13.6. The van der Waals surface area contributed by atoms with Crippen molar-refractivity contribution in [2.75, 3.05) is 5.32 Å². The molecule has 0 aliphatic heterocycles. The van der Waals surface area contributed by atoms with Crippen molar-refractivity contribution in [3.8, 4) is 0 Å². The van der Waals surface area contributed by atoms with Crippen molar-refractivity contribution in [3.63, 3.8) is 0 Å². The molecule has 0 aliphatic rings. The Morgan fingerprint density at radius 3 is 2.24 bits per heavy atom. The van der Waals surface area contributed by atoms with Gasteiger partial charge < -0.3 is 10.6 Å². The summed E-state index contributed by atoms with van der Waals surface area (Å²) in [6.45, 7) is 5.55. The van der Waals surface area contributed by atoms with Crippen LogP contribution in [0.3, 0.4) is 0 Å². The second-order valence-electron chi connectivity index (χ2n) is 6.45. The summed E-state index contributed by atoms with van der Waals surface area (Å²) in [5, 5.41) is 5.25. The number of anilines is 1. The van der Waals surface area contributed by atoms with Crippen molar-refractivity contribution in [2.45, 2.75) is 26.3 Å². The largest absolute Gasteiger partial charge is 0.347 e. The first-order valence-electron chi connectivity index (χ1n) is 7.46. The Bertz CT molecular complexity index is 832. The first-order chi connectivity index (χ1) is 11.6. The number of hydrogen-bond acceptors (Lipinski definition) is 2. The third-order valence-electron chi connectivity index (χ3n) is 3.16. The van der Waals surface area contributed by atoms with E-state index in [1.165, 1.54) is 0 Å². The van der Waals surface area contributed by atoms with Gasteiger partial charge in [-0.2, -0.15) is 0 Å². The summed E-state index contributed by atoms with van der Waals surface area (Å²) >= 11 is 11.6. The van der Waals surface area contributed by atoms with E-state index in [2.05, 4.69) is 10.6 Å². The number of amides is 2. The van der Waals surface area contributed by atoms with Crippen LogP contribution in [0.1, 0.15) is 41.5 Å². The van der Waals surface area contributed by atoms with Crippen LogP contribution in [0.4, 0.5) is 10.1 Å². The summed E-state index contributed by atoms with van der Waals surface area (Å²) in [6, 6.07) is 8.63. The molecule has 0 spiro atoms. The molecule has 0 atom stereocenters. The first kappa shape index (κ1) is 19.2. The second kappa shape index (κ2) is 7.42. The van der Waals surface area contributed by atoms with Gasteiger partial charge in [-0.15, -0.1) is 0 Å². The molecule has 0 saturated carbocycles. The minimum absolute atomic E-state index is 0.0144. The third-order valence-corrected chi connectivity index (χ3v) is 3.77. The zero-order valence-electron chi connectivity index (χ0n) is 13.9. The number of halogens is 3. The Kier molecular flexibility index (Phi) is 5.70. The van der Waals surface area contributed by atoms with Crippen LogP contribution in [0.25, 0.3) is 0 Å². The fourth-order valence-corrected chi connectivity index (χ4v) is 2.55. The summed E-state index contributed by atoms with van der Waals surface area (Å²) < 4.78 is 13.6. The average Bonchev–Trinajstić information content (AvgIpc) is 2.49. The molecule has 2 aromatic carbocycles. The molecule has 25 heavy (non-hydrogen) atoms. The minimum atomic E-state index is -0.755. The number of hydrogen-bond donors (Lipinski definition) is 2. The lowest BCUT2D eigenvalue weighted by molar-refractivity contribution is 0.0920. The van der Waals surface area contributed by atoms with Gasteiger partial charge >= 0.3 is 0 Å². The Labute approximate surface area is 155 Å². The van der Waals surface area contributed by atoms with E-state index in [1.54, 1.807) is 24.3 Å². The van der Waals surface area contributed by atoms with Crippen molar-refractivity contribution in [1.29, 1.82) is 0 Å². The molecule has 0 radical (unpaired) electrons. The fourth-order valence-electron chi connectivity index (χ4n) is 2.08. The van der Waals surface area contributed by atoms with Gasteiger partial charge in [0.05, 0.1) is 26.9 Å². The number of carbonyl (C=O) groups excluding carboxylic acids is 2. The van der Waals surface area contributed by atoms with Crippen molar-refractivity contribution < 1.29 is 14.0 Å². The van der Waals surface area contributed by atoms with Gasteiger partial charge in [0.1, 0.15) is 5.82 Å². The summed E-state index contributed by atoms with van der Waals surface area (Å²) in [7, 11) is 0. The van der Waals surface area contributed by atoms with Gasteiger partial charge in [-0.25, -0.2) is 4.39 Å². The molecule has 2 amide bonds. The van der Waals surface area contributed by atoms with Crippen LogP contribution in [0.15, 0.2) is 36.4 Å². The zero-order chi connectivity index (χ0) is 18.8. The van der Waals surface area contributed by atoms with E-state index in [4.69, 9.17) is 23.2 Å². The molecule has 0 unspecified atom stereocenters. The summed E-state index contributed by atoms with van der Waals surface area (Å²) in [6.07, 6.45) is 0. The lowest BCUT2D eigenvalue weighted by Gasteiger charge is -2.21. The highest BCUT2D eigenvalue weighted by Crippen LogP contribution is 2.26. The van der Waals surface area contributed by atoms with Crippen LogP contribution in [0, 0.1) is 5.82 Å². The fraction of sp³-hybridized carbons (Fsp3) is 0.222. The molecule has 0 aliphatic carbocycles. The molecule has 0 fully saturated rings. The summed E-state index contributed by atoms with van der Waals surface area (Å²) in [5.74, 6) is -1.73. The van der Waals surface area contributed by atoms with E-state index < -0.39 is 17.3 Å². The normalized spacial score (nSPS) is 11.1. The topological polar surface area (TPSA) is 58.2 Å². The molecule has 2 N–H and O–H groups in total. The van der Waals surface area contributed by atoms with E-state index in [9.17, 15) is 14.0 Å². The van der Waals surface area contributed by atoms with E-state index in [0.29, 0.717) is 5.69 Å². The molecule has 2 aromatic rings. The van der Waals surface area contributed by atoms with E-state index in [-0.39, 0.29) is 27.1 Å². The molecule has 2 rings (SSSR count). The van der Waals surface area contributed by atoms with Crippen molar-refractivity contribution in [1.82, 2.24) is 5.32 Å². The smallest absolute Gasteiger partial charge is 0.257 e. The van der Waals surface area contributed by atoms with Gasteiger partial charge in [0.15, 0.2) is 0 Å². The second-order valence-corrected chi connectivity index (χ2v) is 7.26. The van der Waals surface area contributed by atoms with E-state index in [1.807, 2.05) is 20.8 Å². The molecule has 132 valence electrons. The molecule has 7 heteroatoms. The molecule has 0 bridgehead atoms. The molecule has 0 saturated heterocycles. The van der Waals surface area contributed by atoms with Gasteiger partial charge in [-0.3, -0.25) is 9.59 Å². The quantitative estimate of drug-likeness (QED) is 0.740. The summed E-state index contributed by atoms with van der Waals surface area (Å²) in [4.78, 5) is 24.8. The van der Waals surface area contributed by atoms with Crippen molar-refractivity contribution >= 4 is 40.7 Å². The van der Waals surface area contributed by atoms with Crippen molar-refractivity contribution in [2.24, 2.45) is 0 Å². The predicted molar refractivity (Wildman–Crippen MR) is 98.0 cm³/mol. The molecular formula is C18H17Cl2FN2O2. The van der Waals surface area contributed by atoms with Crippen molar-refractivity contribution in [3.05, 3.63) is 63.4 Å². The van der Waals surface area contributed by atoms with E-state index in [0.717, 1.165) is 12.1 Å². The summed E-state index contributed by atoms with van der Waals surface area (Å²) in [5.41, 5.74) is 0.0724. The highest BCUT2D eigenvalue weighted by atomic mass is 35.5. The van der Waals surface area contributed by atoms with Crippen LogP contribution >= 0.6 is 23.2 Å². The first-order valence-corrected chi connectivity index (χ1v) is 8.21. The van der Waals surface area contributed by atoms with Gasteiger partial charge in [-0.1, -0.05) is 35.3 Å². The monoisotopic (exact) mass is 382 g/mol. The maximum Gasteiger partial charge on any atom is 0.257 e. The highest BCUT2D eigenvalue weighted by molar-refractivity contribution is 6.37. The number of rotatable bonds is 3. The van der Waals surface area contributed by atoms with Crippen LogP contribution in [-0.2, 0) is 0 Å². The standard InChI is InChI=1S/C18H17Cl2FN2O2/c1-18(2,3)23-17(25)10-6-4-5-7-15(10)22-16(24)11-8-14(21)13(20)9-12(11)19/h4-9H,1-3H3,(H,22,24)(H,23,25). The van der Waals surface area contributed by atoms with Crippen LogP contribution in [-0.4, -0.2) is 17.4 Å². The van der Waals surface area contributed by atoms with Crippen LogP contribution in [0.2, 0.25) is 10.0 Å². The number of nitrogens with one attached hydrogen (secondary N) is 2. The number of para-hydroxylation sites is 1. The average molecular weight is 383 g/mol. The lowest BCUT2D eigenvalue weighted by atomic mass is 10.1. The maximum atomic E-state index is 13.6. The Balaban J connectivity index is 2.31. The van der Waals surface area contributed by atoms with Gasteiger partial charge in [0, 0.05) is 5.54 Å². The van der Waals surface area contributed by atoms with Gasteiger partial charge in [-0.05, 0) is 45.0 Å². The minimum Gasteiger partial charge on any atom is -0.347 e. The molecular weight excluding hydrogens is 366 g/mol. The van der Waals surface area contributed by atoms with Crippen LogP contribution < -0.4 is 10.6 Å². The predicted octanol–water partition coefficient (Wildman–Crippen LogP) is 4.91. The number of carbonyl (C=O) groups is 2. The van der Waals surface area contributed by atoms with Crippen LogP contribution in [0.5, 0.6) is 0 Å². The zero-order valence-corrected chi connectivity index (χ0v) is 15.4. The highest BCUT2D eigenvalue weighted by Gasteiger charge is 2.20. The molecule has 0 aromatic heterocycles.